The number of benzene rings is 3. The molecular formula is C23H24N2O2. The summed E-state index contributed by atoms with van der Waals surface area (Å²) >= 11 is 0. The summed E-state index contributed by atoms with van der Waals surface area (Å²) in [6.45, 7) is 0.0440. The molecule has 0 aromatic heterocycles. The highest BCUT2D eigenvalue weighted by Crippen LogP contribution is 2.28. The topological polar surface area (TPSA) is 75.4 Å². The zero-order valence-corrected chi connectivity index (χ0v) is 15.1. The van der Waals surface area contributed by atoms with Crippen molar-refractivity contribution < 1.29 is 9.90 Å². The number of nitrogens with two attached hydrogens (primary N) is 1. The van der Waals surface area contributed by atoms with Gasteiger partial charge in [0.15, 0.2) is 0 Å². The van der Waals surface area contributed by atoms with Crippen molar-refractivity contribution in [2.45, 2.75) is 18.1 Å². The zero-order valence-electron chi connectivity index (χ0n) is 15.1. The van der Waals surface area contributed by atoms with Gasteiger partial charge in [0.05, 0.1) is 12.6 Å². The van der Waals surface area contributed by atoms with E-state index in [0.29, 0.717) is 17.5 Å². The summed E-state index contributed by atoms with van der Waals surface area (Å²) in [5.74, 6) is -0.288. The van der Waals surface area contributed by atoms with Gasteiger partial charge < -0.3 is 16.2 Å². The quantitative estimate of drug-likeness (QED) is 0.606. The van der Waals surface area contributed by atoms with Gasteiger partial charge in [0.25, 0.3) is 0 Å². The van der Waals surface area contributed by atoms with E-state index >= 15 is 0 Å². The van der Waals surface area contributed by atoms with Gasteiger partial charge in [-0.1, -0.05) is 91.0 Å². The lowest BCUT2D eigenvalue weighted by Gasteiger charge is -2.30. The van der Waals surface area contributed by atoms with Crippen LogP contribution >= 0.6 is 0 Å². The molecule has 0 aliphatic rings. The maximum Gasteiger partial charge on any atom is 0.237 e. The number of rotatable bonds is 7. The molecule has 0 saturated carbocycles. The molecule has 0 bridgehead atoms. The van der Waals surface area contributed by atoms with E-state index in [-0.39, 0.29) is 12.5 Å². The number of nitrogens with one attached hydrogen (secondary N) is 1. The molecule has 4 heteroatoms. The molecule has 0 aliphatic heterocycles. The minimum atomic E-state index is -1.33. The second kappa shape index (κ2) is 8.62. The van der Waals surface area contributed by atoms with E-state index < -0.39 is 11.6 Å². The number of carbonyl (C=O) groups excluding carboxylic acids is 1. The zero-order chi connectivity index (χ0) is 19.1. The number of carbonyl (C=O) groups is 1. The summed E-state index contributed by atoms with van der Waals surface area (Å²) in [7, 11) is 0. The van der Waals surface area contributed by atoms with Crippen LogP contribution in [-0.2, 0) is 16.8 Å². The number of aliphatic hydroxyl groups is 1. The Bertz CT molecular complexity index is 812. The normalized spacial score (nSPS) is 12.4. The molecule has 3 rings (SSSR count). The minimum absolute atomic E-state index is 0.0440. The van der Waals surface area contributed by atoms with Crippen LogP contribution in [-0.4, -0.2) is 23.6 Å². The van der Waals surface area contributed by atoms with E-state index in [9.17, 15) is 9.90 Å². The fraction of sp³-hybridized carbons (Fsp3) is 0.174. The van der Waals surface area contributed by atoms with E-state index in [0.717, 1.165) is 5.56 Å². The van der Waals surface area contributed by atoms with E-state index in [2.05, 4.69) is 5.32 Å². The van der Waals surface area contributed by atoms with Crippen molar-refractivity contribution >= 4 is 5.91 Å². The van der Waals surface area contributed by atoms with E-state index in [1.54, 1.807) is 0 Å². The molecule has 0 aliphatic carbocycles. The maximum atomic E-state index is 12.5. The molecule has 0 fully saturated rings. The van der Waals surface area contributed by atoms with Gasteiger partial charge in [0.2, 0.25) is 5.91 Å². The lowest BCUT2D eigenvalue weighted by molar-refractivity contribution is -0.123. The summed E-state index contributed by atoms with van der Waals surface area (Å²) in [6.07, 6.45) is 0.446. The average Bonchev–Trinajstić information content (AvgIpc) is 2.73. The lowest BCUT2D eigenvalue weighted by atomic mass is 9.86. The summed E-state index contributed by atoms with van der Waals surface area (Å²) in [5, 5.41) is 14.2. The van der Waals surface area contributed by atoms with Crippen LogP contribution < -0.4 is 11.1 Å². The van der Waals surface area contributed by atoms with Gasteiger partial charge in [-0.2, -0.15) is 0 Å². The first-order valence-corrected chi connectivity index (χ1v) is 9.00. The molecule has 3 aromatic carbocycles. The smallest absolute Gasteiger partial charge is 0.237 e. The van der Waals surface area contributed by atoms with Crippen LogP contribution in [0, 0.1) is 0 Å². The number of hydrogen-bond donors (Lipinski definition) is 3. The van der Waals surface area contributed by atoms with Crippen LogP contribution in [0.1, 0.15) is 16.7 Å². The Kier molecular flexibility index (Phi) is 6.01. The Hall–Kier alpha value is -2.95. The lowest BCUT2D eigenvalue weighted by Crippen LogP contribution is -2.48. The van der Waals surface area contributed by atoms with E-state index in [1.165, 1.54) is 0 Å². The first-order chi connectivity index (χ1) is 13.1. The third kappa shape index (κ3) is 4.61. The number of amides is 1. The molecule has 0 spiro atoms. The first kappa shape index (κ1) is 18.8. The first-order valence-electron chi connectivity index (χ1n) is 9.00. The monoisotopic (exact) mass is 360 g/mol. The van der Waals surface area contributed by atoms with Crippen LogP contribution in [0.2, 0.25) is 0 Å². The standard InChI is InChI=1S/C23H24N2O2/c24-21(16-18-10-4-1-5-11-18)22(26)25-17-23(27,19-12-6-2-7-13-19)20-14-8-3-9-15-20/h1-15,21,27H,16-17,24H2,(H,25,26)/t21-/m1/s1. The number of hydrogen-bond acceptors (Lipinski definition) is 3. The summed E-state index contributed by atoms with van der Waals surface area (Å²) in [6, 6.07) is 27.6. The van der Waals surface area contributed by atoms with Gasteiger partial charge >= 0.3 is 0 Å². The van der Waals surface area contributed by atoms with Crippen molar-refractivity contribution in [3.8, 4) is 0 Å². The van der Waals surface area contributed by atoms with Gasteiger partial charge in [-0.15, -0.1) is 0 Å². The molecule has 3 aromatic rings. The molecule has 1 amide bonds. The van der Waals surface area contributed by atoms with Crippen LogP contribution in [0.3, 0.4) is 0 Å². The molecule has 138 valence electrons. The average molecular weight is 360 g/mol. The Morgan fingerprint density at radius 1 is 0.852 bits per heavy atom. The van der Waals surface area contributed by atoms with Crippen LogP contribution in [0.5, 0.6) is 0 Å². The molecule has 4 nitrogen and oxygen atoms in total. The molecule has 0 radical (unpaired) electrons. The van der Waals surface area contributed by atoms with Gasteiger partial charge in [-0.3, -0.25) is 4.79 Å². The Labute approximate surface area is 159 Å². The van der Waals surface area contributed by atoms with E-state index in [4.69, 9.17) is 5.73 Å². The molecule has 0 saturated heterocycles. The fourth-order valence-corrected chi connectivity index (χ4v) is 3.11. The molecule has 27 heavy (non-hydrogen) atoms. The predicted octanol–water partition coefficient (Wildman–Crippen LogP) is 2.61. The molecular weight excluding hydrogens is 336 g/mol. The van der Waals surface area contributed by atoms with Gasteiger partial charge in [-0.05, 0) is 23.1 Å². The summed E-state index contributed by atoms with van der Waals surface area (Å²) in [5.41, 5.74) is 7.17. The Morgan fingerprint density at radius 2 is 1.30 bits per heavy atom. The van der Waals surface area contributed by atoms with Crippen LogP contribution in [0.15, 0.2) is 91.0 Å². The minimum Gasteiger partial charge on any atom is -0.379 e. The van der Waals surface area contributed by atoms with Crippen molar-refractivity contribution in [3.05, 3.63) is 108 Å². The third-order valence-corrected chi connectivity index (χ3v) is 4.66. The van der Waals surface area contributed by atoms with Gasteiger partial charge in [0.1, 0.15) is 5.60 Å². The van der Waals surface area contributed by atoms with Crippen molar-refractivity contribution in [1.82, 2.24) is 5.32 Å². The van der Waals surface area contributed by atoms with Crippen molar-refractivity contribution in [1.29, 1.82) is 0 Å². The van der Waals surface area contributed by atoms with E-state index in [1.807, 2.05) is 91.0 Å². The van der Waals surface area contributed by atoms with Gasteiger partial charge in [-0.25, -0.2) is 0 Å². The third-order valence-electron chi connectivity index (χ3n) is 4.66. The predicted molar refractivity (Wildman–Crippen MR) is 107 cm³/mol. The molecule has 0 heterocycles. The van der Waals surface area contributed by atoms with Crippen LogP contribution in [0.25, 0.3) is 0 Å². The largest absolute Gasteiger partial charge is 0.379 e. The van der Waals surface area contributed by atoms with Crippen molar-refractivity contribution in [3.63, 3.8) is 0 Å². The van der Waals surface area contributed by atoms with Crippen molar-refractivity contribution in [2.75, 3.05) is 6.54 Å². The summed E-state index contributed by atoms with van der Waals surface area (Å²) in [4.78, 5) is 12.5. The van der Waals surface area contributed by atoms with Crippen molar-refractivity contribution in [2.24, 2.45) is 5.73 Å². The SMILES string of the molecule is N[C@H](Cc1ccccc1)C(=O)NCC(O)(c1ccccc1)c1ccccc1. The Morgan fingerprint density at radius 3 is 1.78 bits per heavy atom. The van der Waals surface area contributed by atoms with Gasteiger partial charge in [0, 0.05) is 0 Å². The maximum absolute atomic E-state index is 12.5. The highest BCUT2D eigenvalue weighted by atomic mass is 16.3. The second-order valence-electron chi connectivity index (χ2n) is 6.61. The highest BCUT2D eigenvalue weighted by molar-refractivity contribution is 5.82. The second-order valence-corrected chi connectivity index (χ2v) is 6.61. The molecule has 4 N–H and O–H groups in total. The summed E-state index contributed by atoms with van der Waals surface area (Å²) < 4.78 is 0. The molecule has 1 atom stereocenters. The highest BCUT2D eigenvalue weighted by Gasteiger charge is 2.32. The Balaban J connectivity index is 1.74. The van der Waals surface area contributed by atoms with Crippen LogP contribution in [0.4, 0.5) is 0 Å². The fourth-order valence-electron chi connectivity index (χ4n) is 3.11. The molecule has 0 unspecified atom stereocenters.